The first-order chi connectivity index (χ1) is 7.70. The minimum Gasteiger partial charge on any atom is -0.369 e. The number of hydrogen-bond acceptors (Lipinski definition) is 3. The number of carbonyl (C=O) groups is 2. The molecule has 16 heavy (non-hydrogen) atoms. The number of anilines is 1. The summed E-state index contributed by atoms with van der Waals surface area (Å²) in [5.74, 6) is -0.243. The van der Waals surface area contributed by atoms with E-state index in [1.807, 2.05) is 0 Å². The summed E-state index contributed by atoms with van der Waals surface area (Å²) in [5, 5.41) is 0.442. The van der Waals surface area contributed by atoms with Crippen molar-refractivity contribution in [1.82, 2.24) is 0 Å². The molecular formula is C11H10ClNO3. The molecule has 0 aromatic heterocycles. The third kappa shape index (κ3) is 1.50. The minimum atomic E-state index is -0.686. The van der Waals surface area contributed by atoms with Crippen LogP contribution in [0.3, 0.4) is 0 Å². The van der Waals surface area contributed by atoms with Crippen molar-refractivity contribution in [3.8, 4) is 0 Å². The maximum atomic E-state index is 11.7. The van der Waals surface area contributed by atoms with Gasteiger partial charge in [-0.15, -0.1) is 0 Å². The van der Waals surface area contributed by atoms with Crippen molar-refractivity contribution in [1.29, 1.82) is 0 Å². The van der Waals surface area contributed by atoms with Gasteiger partial charge in [0.25, 0.3) is 5.91 Å². The Kier molecular flexibility index (Phi) is 2.94. The Morgan fingerprint density at radius 1 is 1.44 bits per heavy atom. The van der Waals surface area contributed by atoms with Gasteiger partial charge in [0.15, 0.2) is 6.10 Å². The number of aldehydes is 1. The molecule has 1 aliphatic rings. The lowest BCUT2D eigenvalue weighted by Gasteiger charge is -2.43. The molecule has 2 atom stereocenters. The third-order valence-corrected chi connectivity index (χ3v) is 2.91. The number of carbonyl (C=O) groups excluding carboxylic acids is 2. The number of methoxy groups -OCH3 is 1. The molecule has 1 aromatic rings. The summed E-state index contributed by atoms with van der Waals surface area (Å²) in [4.78, 5) is 23.9. The Bertz CT molecular complexity index is 435. The predicted octanol–water partition coefficient (Wildman–Crippen LogP) is 1.27. The fourth-order valence-corrected chi connectivity index (χ4v) is 2.01. The fraction of sp³-hybridized carbons (Fsp3) is 0.273. The molecule has 1 aliphatic heterocycles. The lowest BCUT2D eigenvalue weighted by molar-refractivity contribution is -0.142. The Morgan fingerprint density at radius 2 is 2.12 bits per heavy atom. The molecule has 5 heteroatoms. The van der Waals surface area contributed by atoms with E-state index in [0.29, 0.717) is 17.0 Å². The number of β-lactam (4-membered cyclic amide) rings is 1. The highest BCUT2D eigenvalue weighted by molar-refractivity contribution is 6.34. The summed E-state index contributed by atoms with van der Waals surface area (Å²) in [7, 11) is 1.41. The van der Waals surface area contributed by atoms with Crippen LogP contribution < -0.4 is 4.90 Å². The van der Waals surface area contributed by atoms with E-state index in [1.165, 1.54) is 12.0 Å². The van der Waals surface area contributed by atoms with Gasteiger partial charge in [-0.2, -0.15) is 0 Å². The molecule has 0 unspecified atom stereocenters. The summed E-state index contributed by atoms with van der Waals surface area (Å²) in [6.07, 6.45) is 0.00703. The van der Waals surface area contributed by atoms with Crippen molar-refractivity contribution in [2.24, 2.45) is 0 Å². The molecule has 2 rings (SSSR count). The highest BCUT2D eigenvalue weighted by Crippen LogP contribution is 2.33. The van der Waals surface area contributed by atoms with Gasteiger partial charge >= 0.3 is 0 Å². The van der Waals surface area contributed by atoms with Crippen LogP contribution in [0.1, 0.15) is 0 Å². The second-order valence-corrected chi connectivity index (χ2v) is 3.85. The molecule has 0 aliphatic carbocycles. The number of amides is 1. The number of rotatable bonds is 3. The monoisotopic (exact) mass is 239 g/mol. The zero-order valence-corrected chi connectivity index (χ0v) is 9.35. The standard InChI is InChI=1S/C11H10ClNO3/c1-16-10-9(6-14)13(11(10)15)8-5-3-2-4-7(8)12/h2-6,9-10H,1H3/t9-,10+/m0/s1. The maximum Gasteiger partial charge on any atom is 0.259 e. The van der Waals surface area contributed by atoms with E-state index in [9.17, 15) is 9.59 Å². The van der Waals surface area contributed by atoms with Crippen LogP contribution in [0.25, 0.3) is 0 Å². The van der Waals surface area contributed by atoms with Crippen LogP contribution in [0.15, 0.2) is 24.3 Å². The van der Waals surface area contributed by atoms with Crippen molar-refractivity contribution >= 4 is 29.5 Å². The molecule has 1 fully saturated rings. The minimum absolute atomic E-state index is 0.243. The second kappa shape index (κ2) is 4.23. The van der Waals surface area contributed by atoms with Gasteiger partial charge in [0, 0.05) is 7.11 Å². The van der Waals surface area contributed by atoms with Crippen LogP contribution in [-0.4, -0.2) is 31.4 Å². The van der Waals surface area contributed by atoms with Crippen LogP contribution in [0.5, 0.6) is 0 Å². The van der Waals surface area contributed by atoms with Gasteiger partial charge in [-0.05, 0) is 12.1 Å². The number of benzene rings is 1. The van der Waals surface area contributed by atoms with Gasteiger partial charge in [-0.1, -0.05) is 23.7 Å². The van der Waals surface area contributed by atoms with Crippen molar-refractivity contribution in [3.63, 3.8) is 0 Å². The predicted molar refractivity (Wildman–Crippen MR) is 59.6 cm³/mol. The lowest BCUT2D eigenvalue weighted by Crippen LogP contribution is -2.66. The highest BCUT2D eigenvalue weighted by Gasteiger charge is 2.49. The van der Waals surface area contributed by atoms with E-state index in [4.69, 9.17) is 16.3 Å². The number of halogens is 1. The molecule has 0 saturated carbocycles. The Morgan fingerprint density at radius 3 is 2.69 bits per heavy atom. The summed E-state index contributed by atoms with van der Waals surface area (Å²) >= 11 is 5.96. The van der Waals surface area contributed by atoms with Gasteiger partial charge in [0.2, 0.25) is 0 Å². The SMILES string of the molecule is CO[C@H]1C(=O)N(c2ccccc2Cl)[C@H]1C=O. The second-order valence-electron chi connectivity index (χ2n) is 3.44. The molecule has 1 heterocycles. The quantitative estimate of drug-likeness (QED) is 0.590. The first-order valence-electron chi connectivity index (χ1n) is 4.76. The van der Waals surface area contributed by atoms with E-state index < -0.39 is 12.1 Å². The Balaban J connectivity index is 2.33. The summed E-state index contributed by atoms with van der Waals surface area (Å²) in [6.45, 7) is 0. The molecule has 4 nitrogen and oxygen atoms in total. The molecule has 1 amide bonds. The van der Waals surface area contributed by atoms with E-state index in [2.05, 4.69) is 0 Å². The van der Waals surface area contributed by atoms with Gasteiger partial charge in [-0.25, -0.2) is 0 Å². The van der Waals surface area contributed by atoms with E-state index in [0.717, 1.165) is 0 Å². The fourth-order valence-electron chi connectivity index (χ4n) is 1.78. The summed E-state index contributed by atoms with van der Waals surface area (Å²) < 4.78 is 4.93. The normalized spacial score (nSPS) is 24.1. The summed E-state index contributed by atoms with van der Waals surface area (Å²) in [6, 6.07) is 6.31. The topological polar surface area (TPSA) is 46.6 Å². The number of nitrogens with zero attached hydrogens (tertiary/aromatic N) is 1. The van der Waals surface area contributed by atoms with Crippen LogP contribution >= 0.6 is 11.6 Å². The molecule has 0 N–H and O–H groups in total. The number of ether oxygens (including phenoxy) is 1. The largest absolute Gasteiger partial charge is 0.369 e. The molecule has 0 spiro atoms. The highest BCUT2D eigenvalue weighted by atomic mass is 35.5. The first-order valence-corrected chi connectivity index (χ1v) is 5.14. The van der Waals surface area contributed by atoms with E-state index in [-0.39, 0.29) is 5.91 Å². The van der Waals surface area contributed by atoms with Crippen molar-refractivity contribution in [2.75, 3.05) is 12.0 Å². The van der Waals surface area contributed by atoms with Crippen LogP contribution in [0.4, 0.5) is 5.69 Å². The van der Waals surface area contributed by atoms with Crippen molar-refractivity contribution in [3.05, 3.63) is 29.3 Å². The Hall–Kier alpha value is -1.39. The average Bonchev–Trinajstić information content (AvgIpc) is 2.29. The summed E-state index contributed by atoms with van der Waals surface area (Å²) in [5.41, 5.74) is 0.541. The third-order valence-electron chi connectivity index (χ3n) is 2.59. The van der Waals surface area contributed by atoms with Crippen molar-refractivity contribution in [2.45, 2.75) is 12.1 Å². The van der Waals surface area contributed by atoms with E-state index in [1.54, 1.807) is 24.3 Å². The van der Waals surface area contributed by atoms with Crippen LogP contribution in [-0.2, 0) is 14.3 Å². The maximum absolute atomic E-state index is 11.7. The molecule has 0 radical (unpaired) electrons. The molecule has 1 aromatic carbocycles. The average molecular weight is 240 g/mol. The zero-order chi connectivity index (χ0) is 11.7. The van der Waals surface area contributed by atoms with Crippen LogP contribution in [0, 0.1) is 0 Å². The van der Waals surface area contributed by atoms with Crippen LogP contribution in [0.2, 0.25) is 5.02 Å². The lowest BCUT2D eigenvalue weighted by atomic mass is 9.98. The molecule has 1 saturated heterocycles. The zero-order valence-electron chi connectivity index (χ0n) is 8.59. The molecule has 84 valence electrons. The van der Waals surface area contributed by atoms with Gasteiger partial charge in [-0.3, -0.25) is 9.69 Å². The number of hydrogen-bond donors (Lipinski definition) is 0. The van der Waals surface area contributed by atoms with Gasteiger partial charge in [0.1, 0.15) is 12.3 Å². The van der Waals surface area contributed by atoms with Gasteiger partial charge in [0.05, 0.1) is 10.7 Å². The smallest absolute Gasteiger partial charge is 0.259 e. The number of para-hydroxylation sites is 1. The van der Waals surface area contributed by atoms with Gasteiger partial charge < -0.3 is 9.53 Å². The first kappa shape index (κ1) is 11.1. The van der Waals surface area contributed by atoms with Crippen molar-refractivity contribution < 1.29 is 14.3 Å². The van der Waals surface area contributed by atoms with E-state index >= 15 is 0 Å². The molecular weight excluding hydrogens is 230 g/mol. The molecule has 0 bridgehead atoms. The Labute approximate surface area is 97.7 Å².